The highest BCUT2D eigenvalue weighted by atomic mass is 16.6. The van der Waals surface area contributed by atoms with Crippen LogP contribution in [-0.2, 0) is 9.47 Å². The van der Waals surface area contributed by atoms with Crippen molar-refractivity contribution in [3.05, 3.63) is 0 Å². The minimum Gasteiger partial charge on any atom is -0.390 e. The Bertz CT molecular complexity index is 363. The van der Waals surface area contributed by atoms with Gasteiger partial charge in [0.1, 0.15) is 0 Å². The predicted octanol–water partition coefficient (Wildman–Crippen LogP) is 3.04. The fraction of sp³-hybridized carbons (Fsp3) is 1.00. The van der Waals surface area contributed by atoms with Crippen LogP contribution in [0.2, 0.25) is 0 Å². The molecule has 2 aliphatic heterocycles. The first-order valence-electron chi connectivity index (χ1n) is 7.87. The van der Waals surface area contributed by atoms with E-state index in [4.69, 9.17) is 9.47 Å². The molecule has 5 unspecified atom stereocenters. The zero-order valence-corrected chi connectivity index (χ0v) is 12.7. The summed E-state index contributed by atoms with van der Waals surface area (Å²) >= 11 is 0. The van der Waals surface area contributed by atoms with Gasteiger partial charge in [-0.25, -0.2) is 0 Å². The zero-order chi connectivity index (χ0) is 13.9. The van der Waals surface area contributed by atoms with E-state index >= 15 is 0 Å². The molecule has 3 fully saturated rings. The number of ether oxygens (including phenoxy) is 2. The molecule has 2 heterocycles. The highest BCUT2D eigenvalue weighted by Crippen LogP contribution is 2.54. The number of epoxide rings is 2. The molecule has 110 valence electrons. The Morgan fingerprint density at radius 1 is 1.32 bits per heavy atom. The summed E-state index contributed by atoms with van der Waals surface area (Å²) in [6.45, 7) is 8.47. The average molecular weight is 268 g/mol. The maximum atomic E-state index is 10.8. The molecule has 3 nitrogen and oxygen atoms in total. The smallest absolute Gasteiger partial charge is 0.0946 e. The Hall–Kier alpha value is -0.120. The fourth-order valence-electron chi connectivity index (χ4n) is 3.95. The molecule has 0 bridgehead atoms. The first-order chi connectivity index (χ1) is 8.79. The Labute approximate surface area is 116 Å². The lowest BCUT2D eigenvalue weighted by Crippen LogP contribution is -2.39. The first kappa shape index (κ1) is 13.8. The molecular formula is C16H28O3. The van der Waals surface area contributed by atoms with E-state index in [1.807, 2.05) is 6.92 Å². The van der Waals surface area contributed by atoms with Gasteiger partial charge in [-0.2, -0.15) is 0 Å². The molecule has 1 aliphatic carbocycles. The van der Waals surface area contributed by atoms with E-state index in [1.165, 1.54) is 0 Å². The number of hydrogen-bond acceptors (Lipinski definition) is 3. The molecule has 3 rings (SSSR count). The van der Waals surface area contributed by atoms with Crippen molar-refractivity contribution in [1.82, 2.24) is 0 Å². The van der Waals surface area contributed by atoms with Gasteiger partial charge in [0.2, 0.25) is 0 Å². The third-order valence-corrected chi connectivity index (χ3v) is 5.88. The van der Waals surface area contributed by atoms with E-state index in [0.29, 0.717) is 18.1 Å². The van der Waals surface area contributed by atoms with Crippen molar-refractivity contribution in [3.63, 3.8) is 0 Å². The van der Waals surface area contributed by atoms with Crippen molar-refractivity contribution < 1.29 is 14.6 Å². The summed E-state index contributed by atoms with van der Waals surface area (Å²) in [6.07, 6.45) is 6.96. The van der Waals surface area contributed by atoms with Crippen molar-refractivity contribution >= 4 is 0 Å². The third-order valence-electron chi connectivity index (χ3n) is 5.88. The van der Waals surface area contributed by atoms with Gasteiger partial charge in [0.15, 0.2) is 0 Å². The van der Waals surface area contributed by atoms with Gasteiger partial charge in [-0.1, -0.05) is 6.92 Å². The normalized spacial score (nSPS) is 46.3. The van der Waals surface area contributed by atoms with Crippen LogP contribution in [0, 0.1) is 5.92 Å². The van der Waals surface area contributed by atoms with Gasteiger partial charge in [0, 0.05) is 0 Å². The fourth-order valence-corrected chi connectivity index (χ4v) is 3.95. The molecule has 0 aromatic rings. The van der Waals surface area contributed by atoms with Crippen LogP contribution in [0.5, 0.6) is 0 Å². The van der Waals surface area contributed by atoms with Crippen molar-refractivity contribution in [2.45, 2.75) is 95.2 Å². The largest absolute Gasteiger partial charge is 0.390 e. The van der Waals surface area contributed by atoms with Crippen LogP contribution in [-0.4, -0.2) is 34.1 Å². The van der Waals surface area contributed by atoms with E-state index in [0.717, 1.165) is 38.5 Å². The Balaban J connectivity index is 1.51. The minimum atomic E-state index is -0.562. The van der Waals surface area contributed by atoms with E-state index in [-0.39, 0.29) is 11.2 Å². The minimum absolute atomic E-state index is 0.0413. The summed E-state index contributed by atoms with van der Waals surface area (Å²) in [5.41, 5.74) is -0.332. The summed E-state index contributed by atoms with van der Waals surface area (Å²) in [5.74, 6) is 0.390. The van der Waals surface area contributed by atoms with Crippen LogP contribution in [0.25, 0.3) is 0 Å². The van der Waals surface area contributed by atoms with Crippen molar-refractivity contribution in [1.29, 1.82) is 0 Å². The quantitative estimate of drug-likeness (QED) is 0.779. The summed E-state index contributed by atoms with van der Waals surface area (Å²) in [6, 6.07) is 0. The van der Waals surface area contributed by atoms with Crippen molar-refractivity contribution in [2.75, 3.05) is 0 Å². The second kappa shape index (κ2) is 4.19. The first-order valence-corrected chi connectivity index (χ1v) is 7.87. The maximum Gasteiger partial charge on any atom is 0.0946 e. The second-order valence-corrected chi connectivity index (χ2v) is 7.60. The van der Waals surface area contributed by atoms with E-state index < -0.39 is 5.60 Å². The highest BCUT2D eigenvalue weighted by molar-refractivity contribution is 5.08. The SMILES string of the molecule is CCC12CCC(C(C)(O)CCC3OC3(C)C)CC1O2. The van der Waals surface area contributed by atoms with Crippen molar-refractivity contribution in [2.24, 2.45) is 5.92 Å². The van der Waals surface area contributed by atoms with Gasteiger partial charge in [-0.3, -0.25) is 0 Å². The maximum absolute atomic E-state index is 10.8. The summed E-state index contributed by atoms with van der Waals surface area (Å²) < 4.78 is 11.5. The van der Waals surface area contributed by atoms with Crippen LogP contribution < -0.4 is 0 Å². The Kier molecular flexibility index (Phi) is 3.05. The monoisotopic (exact) mass is 268 g/mol. The van der Waals surface area contributed by atoms with Gasteiger partial charge in [-0.05, 0) is 65.2 Å². The summed E-state index contributed by atoms with van der Waals surface area (Å²) in [5, 5.41) is 10.8. The second-order valence-electron chi connectivity index (χ2n) is 7.60. The van der Waals surface area contributed by atoms with Crippen LogP contribution in [0.15, 0.2) is 0 Å². The number of hydrogen-bond donors (Lipinski definition) is 1. The van der Waals surface area contributed by atoms with Gasteiger partial charge >= 0.3 is 0 Å². The lowest BCUT2D eigenvalue weighted by molar-refractivity contribution is -0.0258. The van der Waals surface area contributed by atoms with E-state index in [2.05, 4.69) is 20.8 Å². The molecule has 1 saturated carbocycles. The average Bonchev–Trinajstić information content (AvgIpc) is 3.21. The molecule has 0 aromatic heterocycles. The zero-order valence-electron chi connectivity index (χ0n) is 12.7. The number of aliphatic hydroxyl groups is 1. The molecule has 0 aromatic carbocycles. The standard InChI is InChI=1S/C16H28O3/c1-5-16-9-6-11(10-13(16)19-16)15(4,17)8-7-12-14(2,3)18-12/h11-13,17H,5-10H2,1-4H3. The molecule has 5 atom stereocenters. The molecular weight excluding hydrogens is 240 g/mol. The van der Waals surface area contributed by atoms with Gasteiger partial charge < -0.3 is 14.6 Å². The van der Waals surface area contributed by atoms with Crippen LogP contribution in [0.4, 0.5) is 0 Å². The lowest BCUT2D eigenvalue weighted by atomic mass is 9.72. The van der Waals surface area contributed by atoms with Gasteiger partial charge in [0.25, 0.3) is 0 Å². The number of fused-ring (bicyclic) bond motifs is 1. The van der Waals surface area contributed by atoms with Gasteiger partial charge in [0.05, 0.1) is 29.0 Å². The number of rotatable bonds is 5. The lowest BCUT2D eigenvalue weighted by Gasteiger charge is -2.36. The molecule has 3 aliphatic rings. The van der Waals surface area contributed by atoms with Gasteiger partial charge in [-0.15, -0.1) is 0 Å². The molecule has 3 heteroatoms. The Morgan fingerprint density at radius 2 is 2.00 bits per heavy atom. The molecule has 0 radical (unpaired) electrons. The molecule has 0 amide bonds. The Morgan fingerprint density at radius 3 is 2.53 bits per heavy atom. The van der Waals surface area contributed by atoms with E-state index in [9.17, 15) is 5.11 Å². The molecule has 2 saturated heterocycles. The molecule has 1 N–H and O–H groups in total. The van der Waals surface area contributed by atoms with E-state index in [1.54, 1.807) is 0 Å². The predicted molar refractivity (Wildman–Crippen MR) is 74.0 cm³/mol. The van der Waals surface area contributed by atoms with Crippen LogP contribution in [0.1, 0.15) is 66.2 Å². The molecule has 0 spiro atoms. The molecule has 19 heavy (non-hydrogen) atoms. The topological polar surface area (TPSA) is 45.3 Å². The van der Waals surface area contributed by atoms with Crippen LogP contribution >= 0.6 is 0 Å². The van der Waals surface area contributed by atoms with Crippen LogP contribution in [0.3, 0.4) is 0 Å². The summed E-state index contributed by atoms with van der Waals surface area (Å²) in [7, 11) is 0. The highest BCUT2D eigenvalue weighted by Gasteiger charge is 2.59. The van der Waals surface area contributed by atoms with Crippen molar-refractivity contribution in [3.8, 4) is 0 Å². The third kappa shape index (κ3) is 2.45. The summed E-state index contributed by atoms with van der Waals surface area (Å²) in [4.78, 5) is 0.